The van der Waals surface area contributed by atoms with Crippen molar-refractivity contribution in [3.8, 4) is 0 Å². The van der Waals surface area contributed by atoms with Crippen molar-refractivity contribution in [3.63, 3.8) is 0 Å². The number of alkyl halides is 2. The van der Waals surface area contributed by atoms with Crippen molar-refractivity contribution in [3.05, 3.63) is 35.9 Å². The highest BCUT2D eigenvalue weighted by Crippen LogP contribution is 2.66. The molecule has 4 saturated carbocycles. The van der Waals surface area contributed by atoms with E-state index in [1.807, 2.05) is 6.07 Å². The molecule has 0 amide bonds. The van der Waals surface area contributed by atoms with Gasteiger partial charge in [-0.15, -0.1) is 23.2 Å². The van der Waals surface area contributed by atoms with Crippen molar-refractivity contribution in [2.75, 3.05) is 0 Å². The Labute approximate surface area is 130 Å². The molecular weight excluding hydrogens is 289 g/mol. The molecule has 3 heteroatoms. The number of rotatable bonds is 2. The highest BCUT2D eigenvalue weighted by molar-refractivity contribution is 6.28. The number of hydrogen-bond donors (Lipinski definition) is 1. The summed E-state index contributed by atoms with van der Waals surface area (Å²) in [6, 6.07) is 10.5. The van der Waals surface area contributed by atoms with Gasteiger partial charge in [0.1, 0.15) is 0 Å². The van der Waals surface area contributed by atoms with Gasteiger partial charge in [0, 0.05) is 16.8 Å². The predicted octanol–water partition coefficient (Wildman–Crippen LogP) is 4.48. The summed E-state index contributed by atoms with van der Waals surface area (Å²) in [5.41, 5.74) is 7.84. The molecule has 1 unspecified atom stereocenters. The van der Waals surface area contributed by atoms with Gasteiger partial charge in [-0.05, 0) is 49.5 Å². The Morgan fingerprint density at radius 3 is 2.50 bits per heavy atom. The quantitative estimate of drug-likeness (QED) is 0.801. The maximum Gasteiger partial charge on any atom is 0.0515 e. The van der Waals surface area contributed by atoms with Crippen molar-refractivity contribution in [2.45, 2.75) is 47.9 Å². The van der Waals surface area contributed by atoms with Crippen molar-refractivity contribution in [1.29, 1.82) is 0 Å². The summed E-state index contributed by atoms with van der Waals surface area (Å²) in [5.74, 6) is 1.69. The Hall–Kier alpha value is -0.240. The maximum atomic E-state index is 7.07. The van der Waals surface area contributed by atoms with Gasteiger partial charge in [0.2, 0.25) is 0 Å². The first kappa shape index (κ1) is 13.4. The summed E-state index contributed by atoms with van der Waals surface area (Å²) in [7, 11) is 0. The molecule has 108 valence electrons. The van der Waals surface area contributed by atoms with Gasteiger partial charge in [-0.25, -0.2) is 0 Å². The van der Waals surface area contributed by atoms with E-state index in [1.54, 1.807) is 0 Å². The zero-order valence-corrected chi connectivity index (χ0v) is 13.1. The fraction of sp³-hybridized carbons (Fsp3) is 0.647. The molecule has 4 aliphatic rings. The maximum absolute atomic E-state index is 7.07. The molecular formula is C17H21Cl2N. The normalized spacial score (nSPS) is 47.5. The van der Waals surface area contributed by atoms with Crippen LogP contribution in [0.3, 0.4) is 0 Å². The van der Waals surface area contributed by atoms with E-state index in [2.05, 4.69) is 24.3 Å². The van der Waals surface area contributed by atoms with Crippen LogP contribution in [0.1, 0.15) is 43.7 Å². The van der Waals surface area contributed by atoms with Gasteiger partial charge in [-0.3, -0.25) is 0 Å². The standard InChI is InChI=1S/C17H21Cl2N/c18-16-7-11-6-13(9-16)14(17(19,8-11)10-16)15(20)12-4-2-1-3-5-12/h1-5,11,13-15H,6-10,20H2/t11-,13+,14-,15?,16+,17+/m1/s1. The third-order valence-electron chi connectivity index (χ3n) is 5.83. The molecule has 4 bridgehead atoms. The molecule has 1 nitrogen and oxygen atoms in total. The smallest absolute Gasteiger partial charge is 0.0515 e. The second-order valence-corrected chi connectivity index (χ2v) is 8.85. The lowest BCUT2D eigenvalue weighted by Gasteiger charge is -2.63. The fourth-order valence-electron chi connectivity index (χ4n) is 5.49. The van der Waals surface area contributed by atoms with Crippen LogP contribution in [-0.2, 0) is 0 Å². The van der Waals surface area contributed by atoms with E-state index in [0.29, 0.717) is 11.8 Å². The number of benzene rings is 1. The molecule has 0 spiro atoms. The van der Waals surface area contributed by atoms with E-state index in [4.69, 9.17) is 28.9 Å². The Bertz CT molecular complexity index is 519. The van der Waals surface area contributed by atoms with Gasteiger partial charge in [-0.2, -0.15) is 0 Å². The molecule has 2 N–H and O–H groups in total. The van der Waals surface area contributed by atoms with Gasteiger partial charge >= 0.3 is 0 Å². The second-order valence-electron chi connectivity index (χ2n) is 7.30. The molecule has 0 radical (unpaired) electrons. The van der Waals surface area contributed by atoms with Crippen LogP contribution in [0.5, 0.6) is 0 Å². The fourth-order valence-corrected chi connectivity index (χ4v) is 7.00. The van der Waals surface area contributed by atoms with E-state index in [-0.39, 0.29) is 15.8 Å². The van der Waals surface area contributed by atoms with E-state index in [9.17, 15) is 0 Å². The van der Waals surface area contributed by atoms with Crippen molar-refractivity contribution < 1.29 is 0 Å². The lowest BCUT2D eigenvalue weighted by atomic mass is 9.49. The molecule has 5 rings (SSSR count). The molecule has 20 heavy (non-hydrogen) atoms. The monoisotopic (exact) mass is 309 g/mol. The Kier molecular flexibility index (Phi) is 2.94. The second kappa shape index (κ2) is 4.38. The summed E-state index contributed by atoms with van der Waals surface area (Å²) < 4.78 is 0. The minimum atomic E-state index is -0.179. The molecule has 1 aromatic rings. The summed E-state index contributed by atoms with van der Waals surface area (Å²) in [4.78, 5) is -0.221. The average Bonchev–Trinajstić information content (AvgIpc) is 2.36. The van der Waals surface area contributed by atoms with Crippen LogP contribution in [0.4, 0.5) is 0 Å². The molecule has 0 aromatic heterocycles. The Balaban J connectivity index is 1.69. The highest BCUT2D eigenvalue weighted by atomic mass is 35.5. The third kappa shape index (κ3) is 1.94. The highest BCUT2D eigenvalue weighted by Gasteiger charge is 2.62. The summed E-state index contributed by atoms with van der Waals surface area (Å²) in [6.07, 6.45) is 5.57. The molecule has 1 aromatic carbocycles. The minimum Gasteiger partial charge on any atom is -0.324 e. The van der Waals surface area contributed by atoms with Crippen LogP contribution in [0.25, 0.3) is 0 Å². The topological polar surface area (TPSA) is 26.0 Å². The van der Waals surface area contributed by atoms with Crippen LogP contribution in [0.2, 0.25) is 0 Å². The molecule has 4 fully saturated rings. The van der Waals surface area contributed by atoms with Crippen LogP contribution >= 0.6 is 23.2 Å². The van der Waals surface area contributed by atoms with Crippen molar-refractivity contribution >= 4 is 23.2 Å². The first-order valence-corrected chi connectivity index (χ1v) is 8.43. The Morgan fingerprint density at radius 1 is 1.10 bits per heavy atom. The van der Waals surface area contributed by atoms with Gasteiger partial charge in [0.25, 0.3) is 0 Å². The number of halogens is 2. The summed E-state index contributed by atoms with van der Waals surface area (Å²) >= 11 is 13.9. The van der Waals surface area contributed by atoms with Crippen LogP contribution in [-0.4, -0.2) is 9.75 Å². The number of hydrogen-bond acceptors (Lipinski definition) is 1. The van der Waals surface area contributed by atoms with E-state index < -0.39 is 0 Å². The zero-order valence-electron chi connectivity index (χ0n) is 11.6. The van der Waals surface area contributed by atoms with Gasteiger partial charge in [0.15, 0.2) is 0 Å². The van der Waals surface area contributed by atoms with Gasteiger partial charge in [-0.1, -0.05) is 30.3 Å². The molecule has 0 heterocycles. The molecule has 0 saturated heterocycles. The summed E-state index contributed by atoms with van der Waals surface area (Å²) in [6.45, 7) is 0. The van der Waals surface area contributed by atoms with Crippen LogP contribution in [0, 0.1) is 17.8 Å². The largest absolute Gasteiger partial charge is 0.324 e. The Morgan fingerprint density at radius 2 is 1.85 bits per heavy atom. The molecule has 0 aliphatic heterocycles. The van der Waals surface area contributed by atoms with Gasteiger partial charge < -0.3 is 5.73 Å². The van der Waals surface area contributed by atoms with Crippen molar-refractivity contribution in [1.82, 2.24) is 0 Å². The molecule has 4 aliphatic carbocycles. The average molecular weight is 310 g/mol. The number of nitrogens with two attached hydrogens (primary N) is 1. The zero-order chi connectivity index (χ0) is 14.0. The SMILES string of the molecule is NC(c1ccccc1)[C@H]1[C@H]2C[C@@H]3C[C@](Cl)(C2)C[C@@]1(Cl)C3. The third-order valence-corrected chi connectivity index (χ3v) is 6.82. The lowest BCUT2D eigenvalue weighted by molar-refractivity contribution is -0.0187. The first-order valence-electron chi connectivity index (χ1n) is 7.68. The minimum absolute atomic E-state index is 0.0407. The van der Waals surface area contributed by atoms with E-state index in [0.717, 1.165) is 31.6 Å². The molecule has 6 atom stereocenters. The van der Waals surface area contributed by atoms with Crippen molar-refractivity contribution in [2.24, 2.45) is 23.5 Å². The van der Waals surface area contributed by atoms with Gasteiger partial charge in [0.05, 0.1) is 4.87 Å². The van der Waals surface area contributed by atoms with E-state index >= 15 is 0 Å². The predicted molar refractivity (Wildman–Crippen MR) is 84.1 cm³/mol. The van der Waals surface area contributed by atoms with E-state index in [1.165, 1.54) is 12.0 Å². The first-order chi connectivity index (χ1) is 9.49. The van der Waals surface area contributed by atoms with Crippen LogP contribution < -0.4 is 5.73 Å². The summed E-state index contributed by atoms with van der Waals surface area (Å²) in [5, 5.41) is 0. The van der Waals surface area contributed by atoms with Crippen LogP contribution in [0.15, 0.2) is 30.3 Å². The lowest BCUT2D eigenvalue weighted by Crippen LogP contribution is -2.61.